The van der Waals surface area contributed by atoms with Gasteiger partial charge in [-0.3, -0.25) is 4.79 Å². The third-order valence-electron chi connectivity index (χ3n) is 2.44. The Labute approximate surface area is 92.2 Å². The smallest absolute Gasteiger partial charge is 0.264 e. The highest BCUT2D eigenvalue weighted by atomic mass is 16.4. The van der Waals surface area contributed by atoms with E-state index in [1.807, 2.05) is 13.8 Å². The molecule has 2 aromatic rings. The van der Waals surface area contributed by atoms with E-state index in [9.17, 15) is 4.79 Å². The Morgan fingerprint density at radius 1 is 1.38 bits per heavy atom. The van der Waals surface area contributed by atoms with E-state index in [1.54, 1.807) is 0 Å². The van der Waals surface area contributed by atoms with Crippen LogP contribution in [0, 0.1) is 13.8 Å². The summed E-state index contributed by atoms with van der Waals surface area (Å²) in [4.78, 5) is 13.9. The van der Waals surface area contributed by atoms with Gasteiger partial charge < -0.3 is 9.40 Å². The Morgan fingerprint density at radius 3 is 2.62 bits per heavy atom. The van der Waals surface area contributed by atoms with Crippen LogP contribution in [0.5, 0.6) is 0 Å². The van der Waals surface area contributed by atoms with Crippen LogP contribution in [0.3, 0.4) is 0 Å². The van der Waals surface area contributed by atoms with Gasteiger partial charge in [-0.2, -0.15) is 0 Å². The molecule has 0 aliphatic carbocycles. The molecule has 0 aliphatic heterocycles. The first-order chi connectivity index (χ1) is 7.67. The molecule has 0 aliphatic rings. The third-order valence-corrected chi connectivity index (χ3v) is 2.44. The fraction of sp³-hybridized carbons (Fsp3) is 0.182. The van der Waals surface area contributed by atoms with Gasteiger partial charge in [-0.1, -0.05) is 6.58 Å². The molecule has 1 N–H and O–H groups in total. The van der Waals surface area contributed by atoms with Gasteiger partial charge in [-0.15, -0.1) is 10.2 Å². The first-order valence-corrected chi connectivity index (χ1v) is 4.78. The summed E-state index contributed by atoms with van der Waals surface area (Å²) >= 11 is 0. The van der Waals surface area contributed by atoms with E-state index in [0.717, 1.165) is 17.5 Å². The number of hydrogen-bond donors (Lipinski definition) is 1. The quantitative estimate of drug-likeness (QED) is 0.799. The Morgan fingerprint density at radius 2 is 2.12 bits per heavy atom. The maximum Gasteiger partial charge on any atom is 0.264 e. The number of nitrogens with one attached hydrogen (secondary N) is 1. The summed E-state index contributed by atoms with van der Waals surface area (Å²) in [6.07, 6.45) is 2.29. The summed E-state index contributed by atoms with van der Waals surface area (Å²) in [5.74, 6) is 0.720. The minimum Gasteiger partial charge on any atom is -0.415 e. The molecule has 2 heterocycles. The van der Waals surface area contributed by atoms with Gasteiger partial charge in [0.05, 0.1) is 0 Å². The van der Waals surface area contributed by atoms with Crippen molar-refractivity contribution in [2.75, 3.05) is 0 Å². The zero-order chi connectivity index (χ0) is 11.7. The lowest BCUT2D eigenvalue weighted by molar-refractivity contribution is 0.112. The van der Waals surface area contributed by atoms with Crippen molar-refractivity contribution >= 4 is 12.4 Å². The number of aldehydes is 1. The molecular formula is C11H11N3O2. The molecule has 0 unspecified atom stereocenters. The number of H-pyrrole nitrogens is 1. The highest BCUT2D eigenvalue weighted by Crippen LogP contribution is 2.25. The lowest BCUT2D eigenvalue weighted by atomic mass is 10.1. The molecule has 0 bridgehead atoms. The zero-order valence-electron chi connectivity index (χ0n) is 9.07. The van der Waals surface area contributed by atoms with Crippen molar-refractivity contribution in [2.24, 2.45) is 0 Å². The summed E-state index contributed by atoms with van der Waals surface area (Å²) in [6.45, 7) is 7.19. The second-order valence-corrected chi connectivity index (χ2v) is 3.43. The molecule has 0 fully saturated rings. The van der Waals surface area contributed by atoms with E-state index in [-0.39, 0.29) is 0 Å². The molecule has 0 aromatic carbocycles. The second kappa shape index (κ2) is 3.77. The average Bonchev–Trinajstić information content (AvgIpc) is 2.83. The topological polar surface area (TPSA) is 71.8 Å². The van der Waals surface area contributed by atoms with E-state index < -0.39 is 0 Å². The number of nitrogens with zero attached hydrogens (tertiary/aromatic N) is 2. The van der Waals surface area contributed by atoms with Gasteiger partial charge in [0.1, 0.15) is 5.69 Å². The lowest BCUT2D eigenvalue weighted by Gasteiger charge is -1.91. The minimum absolute atomic E-state index is 0.356. The predicted molar refractivity (Wildman–Crippen MR) is 59.0 cm³/mol. The molecule has 2 rings (SSSR count). The zero-order valence-corrected chi connectivity index (χ0v) is 9.07. The number of carbonyl (C=O) groups is 1. The number of rotatable bonds is 3. The van der Waals surface area contributed by atoms with Crippen LogP contribution < -0.4 is 0 Å². The molecule has 5 nitrogen and oxygen atoms in total. The van der Waals surface area contributed by atoms with Crippen LogP contribution in [0.4, 0.5) is 0 Å². The van der Waals surface area contributed by atoms with Gasteiger partial charge in [0.2, 0.25) is 5.89 Å². The molecule has 0 atom stereocenters. The molecule has 0 saturated carbocycles. The maximum absolute atomic E-state index is 10.9. The molecule has 0 amide bonds. The van der Waals surface area contributed by atoms with E-state index in [2.05, 4.69) is 21.8 Å². The van der Waals surface area contributed by atoms with Gasteiger partial charge in [0, 0.05) is 11.3 Å². The number of carbonyl (C=O) groups excluding carboxylic acids is 1. The van der Waals surface area contributed by atoms with Gasteiger partial charge in [-0.05, 0) is 25.5 Å². The standard InChI is InChI=1S/C11H11N3O2/c1-4-9-13-14-11(16-9)10-6(2)8(5-15)7(3)12-10/h4-5,12H,1H2,2-3H3. The van der Waals surface area contributed by atoms with E-state index in [4.69, 9.17) is 4.42 Å². The minimum atomic E-state index is 0.356. The van der Waals surface area contributed by atoms with E-state index in [0.29, 0.717) is 23.0 Å². The van der Waals surface area contributed by atoms with Crippen molar-refractivity contribution in [3.63, 3.8) is 0 Å². The highest BCUT2D eigenvalue weighted by Gasteiger charge is 2.16. The van der Waals surface area contributed by atoms with Gasteiger partial charge in [0.25, 0.3) is 5.89 Å². The van der Waals surface area contributed by atoms with Crippen molar-refractivity contribution < 1.29 is 9.21 Å². The fourth-order valence-corrected chi connectivity index (χ4v) is 1.57. The summed E-state index contributed by atoms with van der Waals surface area (Å²) < 4.78 is 5.33. The van der Waals surface area contributed by atoms with Gasteiger partial charge >= 0.3 is 0 Å². The summed E-state index contributed by atoms with van der Waals surface area (Å²) in [5, 5.41) is 7.65. The van der Waals surface area contributed by atoms with Gasteiger partial charge in [0.15, 0.2) is 6.29 Å². The van der Waals surface area contributed by atoms with Crippen molar-refractivity contribution in [3.05, 3.63) is 29.3 Å². The third kappa shape index (κ3) is 1.46. The Balaban J connectivity index is 2.55. The monoisotopic (exact) mass is 217 g/mol. The molecular weight excluding hydrogens is 206 g/mol. The first-order valence-electron chi connectivity index (χ1n) is 4.78. The Kier molecular flexibility index (Phi) is 2.44. The van der Waals surface area contributed by atoms with Crippen LogP contribution in [0.1, 0.15) is 27.5 Å². The predicted octanol–water partition coefficient (Wildman–Crippen LogP) is 2.14. The Hall–Kier alpha value is -2.17. The molecule has 16 heavy (non-hydrogen) atoms. The van der Waals surface area contributed by atoms with E-state index in [1.165, 1.54) is 6.08 Å². The van der Waals surface area contributed by atoms with Crippen LogP contribution in [0.2, 0.25) is 0 Å². The van der Waals surface area contributed by atoms with Crippen molar-refractivity contribution in [1.82, 2.24) is 15.2 Å². The number of aryl methyl sites for hydroxylation is 1. The lowest BCUT2D eigenvalue weighted by Crippen LogP contribution is -1.83. The second-order valence-electron chi connectivity index (χ2n) is 3.43. The van der Waals surface area contributed by atoms with Crippen LogP contribution in [0.15, 0.2) is 11.0 Å². The molecule has 82 valence electrons. The van der Waals surface area contributed by atoms with E-state index >= 15 is 0 Å². The summed E-state index contributed by atoms with van der Waals surface area (Å²) in [6, 6.07) is 0. The van der Waals surface area contributed by atoms with Crippen LogP contribution in [-0.2, 0) is 0 Å². The highest BCUT2D eigenvalue weighted by molar-refractivity contribution is 5.82. The largest absolute Gasteiger partial charge is 0.415 e. The normalized spacial score (nSPS) is 10.4. The first kappa shape index (κ1) is 10.4. The van der Waals surface area contributed by atoms with Crippen LogP contribution in [0.25, 0.3) is 17.7 Å². The van der Waals surface area contributed by atoms with Crippen molar-refractivity contribution in [3.8, 4) is 11.6 Å². The SMILES string of the molecule is C=Cc1nnc(-c2[nH]c(C)c(C=O)c2C)o1. The molecule has 2 aromatic heterocycles. The number of aromatic amines is 1. The molecule has 5 heteroatoms. The molecule has 0 radical (unpaired) electrons. The van der Waals surface area contributed by atoms with Gasteiger partial charge in [-0.25, -0.2) is 0 Å². The van der Waals surface area contributed by atoms with Crippen LogP contribution >= 0.6 is 0 Å². The fourth-order valence-electron chi connectivity index (χ4n) is 1.57. The van der Waals surface area contributed by atoms with Crippen molar-refractivity contribution in [1.29, 1.82) is 0 Å². The number of aromatic nitrogens is 3. The maximum atomic E-state index is 10.9. The Bertz CT molecular complexity index is 552. The summed E-state index contributed by atoms with van der Waals surface area (Å²) in [7, 11) is 0. The summed E-state index contributed by atoms with van der Waals surface area (Å²) in [5.41, 5.74) is 2.92. The van der Waals surface area contributed by atoms with Crippen LogP contribution in [-0.4, -0.2) is 21.5 Å². The van der Waals surface area contributed by atoms with Crippen molar-refractivity contribution in [2.45, 2.75) is 13.8 Å². The molecule has 0 spiro atoms. The number of hydrogen-bond acceptors (Lipinski definition) is 4. The average molecular weight is 217 g/mol. The molecule has 0 saturated heterocycles.